The van der Waals surface area contributed by atoms with E-state index in [9.17, 15) is 0 Å². The molecule has 0 unspecified atom stereocenters. The zero-order valence-corrected chi connectivity index (χ0v) is 15.2. The maximum atomic E-state index is 4.50. The summed E-state index contributed by atoms with van der Waals surface area (Å²) in [6.45, 7) is 6.93. The van der Waals surface area contributed by atoms with E-state index in [1.807, 2.05) is 36.4 Å². The number of rotatable bonds is 8. The maximum Gasteiger partial charge on any atom is 0.229 e. The maximum absolute atomic E-state index is 4.50. The van der Waals surface area contributed by atoms with Gasteiger partial charge in [0, 0.05) is 36.9 Å². The first-order valence-corrected chi connectivity index (χ1v) is 8.87. The van der Waals surface area contributed by atoms with Crippen LogP contribution in [0.15, 0.2) is 60.9 Å². The molecule has 0 bridgehead atoms. The highest BCUT2D eigenvalue weighted by molar-refractivity contribution is 5.59. The fourth-order valence-corrected chi connectivity index (χ4v) is 2.67. The van der Waals surface area contributed by atoms with Gasteiger partial charge in [0.25, 0.3) is 0 Å². The van der Waals surface area contributed by atoms with Gasteiger partial charge < -0.3 is 15.5 Å². The first-order chi connectivity index (χ1) is 12.8. The predicted octanol–water partition coefficient (Wildman–Crippen LogP) is 4.07. The Morgan fingerprint density at radius 1 is 0.885 bits per heavy atom. The average Bonchev–Trinajstić information content (AvgIpc) is 2.70. The van der Waals surface area contributed by atoms with Crippen LogP contribution in [0.1, 0.15) is 19.5 Å². The molecule has 2 heterocycles. The molecular formula is C20H24N6. The second-order valence-corrected chi connectivity index (χ2v) is 5.78. The SMILES string of the molecule is CCN(CC)c1ccc(Nc2nccc(NCc3ccccn3)n2)cc1. The summed E-state index contributed by atoms with van der Waals surface area (Å²) >= 11 is 0. The molecule has 2 aromatic heterocycles. The van der Waals surface area contributed by atoms with Gasteiger partial charge in [-0.25, -0.2) is 4.98 Å². The van der Waals surface area contributed by atoms with Crippen LogP contribution in [0.5, 0.6) is 0 Å². The Bertz CT molecular complexity index is 800. The molecule has 2 N–H and O–H groups in total. The van der Waals surface area contributed by atoms with Crippen molar-refractivity contribution in [1.82, 2.24) is 15.0 Å². The van der Waals surface area contributed by atoms with Gasteiger partial charge >= 0.3 is 0 Å². The molecule has 0 amide bonds. The fourth-order valence-electron chi connectivity index (χ4n) is 2.67. The Labute approximate surface area is 154 Å². The molecule has 3 aromatic rings. The Hall–Kier alpha value is -3.15. The summed E-state index contributed by atoms with van der Waals surface area (Å²) in [5.74, 6) is 1.32. The van der Waals surface area contributed by atoms with Gasteiger partial charge in [-0.1, -0.05) is 6.07 Å². The summed E-state index contributed by atoms with van der Waals surface area (Å²) < 4.78 is 0. The van der Waals surface area contributed by atoms with Gasteiger partial charge in [-0.2, -0.15) is 4.98 Å². The van der Waals surface area contributed by atoms with Crippen molar-refractivity contribution in [2.75, 3.05) is 28.6 Å². The van der Waals surface area contributed by atoms with Crippen LogP contribution >= 0.6 is 0 Å². The predicted molar refractivity (Wildman–Crippen MR) is 107 cm³/mol. The van der Waals surface area contributed by atoms with E-state index in [2.05, 4.69) is 56.5 Å². The lowest BCUT2D eigenvalue weighted by molar-refractivity contribution is 0.866. The van der Waals surface area contributed by atoms with Crippen molar-refractivity contribution in [3.8, 4) is 0 Å². The minimum absolute atomic E-state index is 0.562. The van der Waals surface area contributed by atoms with E-state index < -0.39 is 0 Å². The summed E-state index contributed by atoms with van der Waals surface area (Å²) in [5.41, 5.74) is 3.14. The van der Waals surface area contributed by atoms with Crippen molar-refractivity contribution in [3.05, 3.63) is 66.6 Å². The van der Waals surface area contributed by atoms with Crippen molar-refractivity contribution in [2.45, 2.75) is 20.4 Å². The average molecular weight is 348 g/mol. The van der Waals surface area contributed by atoms with Crippen LogP contribution in [0.4, 0.5) is 23.1 Å². The smallest absolute Gasteiger partial charge is 0.229 e. The first-order valence-electron chi connectivity index (χ1n) is 8.87. The number of benzene rings is 1. The van der Waals surface area contributed by atoms with Gasteiger partial charge in [-0.05, 0) is 56.3 Å². The quantitative estimate of drug-likeness (QED) is 0.640. The molecule has 26 heavy (non-hydrogen) atoms. The van der Waals surface area contributed by atoms with E-state index in [-0.39, 0.29) is 0 Å². The third kappa shape index (κ3) is 4.69. The Balaban J connectivity index is 1.63. The monoisotopic (exact) mass is 348 g/mol. The summed E-state index contributed by atoms with van der Waals surface area (Å²) in [4.78, 5) is 15.4. The topological polar surface area (TPSA) is 66.0 Å². The molecule has 0 aliphatic rings. The Morgan fingerprint density at radius 2 is 1.69 bits per heavy atom. The van der Waals surface area contributed by atoms with Gasteiger partial charge in [0.05, 0.1) is 12.2 Å². The molecule has 3 rings (SSSR count). The second-order valence-electron chi connectivity index (χ2n) is 5.78. The molecule has 6 heteroatoms. The summed E-state index contributed by atoms with van der Waals surface area (Å²) in [5, 5.41) is 6.51. The lowest BCUT2D eigenvalue weighted by atomic mass is 10.2. The van der Waals surface area contributed by atoms with Crippen molar-refractivity contribution in [1.29, 1.82) is 0 Å². The first kappa shape index (κ1) is 17.7. The minimum Gasteiger partial charge on any atom is -0.372 e. The number of nitrogens with zero attached hydrogens (tertiary/aromatic N) is 4. The Kier molecular flexibility index (Phi) is 5.98. The number of hydrogen-bond acceptors (Lipinski definition) is 6. The van der Waals surface area contributed by atoms with Crippen molar-refractivity contribution >= 4 is 23.1 Å². The van der Waals surface area contributed by atoms with Gasteiger partial charge in [0.2, 0.25) is 5.95 Å². The zero-order chi connectivity index (χ0) is 18.2. The molecule has 0 radical (unpaired) electrons. The number of pyridine rings is 1. The highest BCUT2D eigenvalue weighted by Crippen LogP contribution is 2.20. The molecule has 0 saturated heterocycles. The van der Waals surface area contributed by atoms with E-state index in [4.69, 9.17) is 0 Å². The molecule has 1 aromatic carbocycles. The third-order valence-electron chi connectivity index (χ3n) is 4.08. The van der Waals surface area contributed by atoms with Crippen molar-refractivity contribution in [2.24, 2.45) is 0 Å². The molecule has 0 aliphatic heterocycles. The molecule has 0 aliphatic carbocycles. The lowest BCUT2D eigenvalue weighted by Gasteiger charge is -2.21. The Morgan fingerprint density at radius 3 is 2.38 bits per heavy atom. The standard InChI is InChI=1S/C20H24N6/c1-3-26(4-2)18-10-8-16(9-11-18)24-20-22-14-12-19(25-20)23-15-17-7-5-6-13-21-17/h5-14H,3-4,15H2,1-2H3,(H2,22,23,24,25). The number of hydrogen-bond donors (Lipinski definition) is 2. The van der Waals surface area contributed by atoms with E-state index in [0.717, 1.165) is 30.3 Å². The highest BCUT2D eigenvalue weighted by atomic mass is 15.1. The van der Waals surface area contributed by atoms with Crippen LogP contribution in [-0.4, -0.2) is 28.0 Å². The summed E-state index contributed by atoms with van der Waals surface area (Å²) in [6, 6.07) is 16.0. The van der Waals surface area contributed by atoms with E-state index in [1.54, 1.807) is 12.4 Å². The zero-order valence-electron chi connectivity index (χ0n) is 15.2. The van der Waals surface area contributed by atoms with E-state index in [1.165, 1.54) is 5.69 Å². The fraction of sp³-hybridized carbons (Fsp3) is 0.250. The molecule has 134 valence electrons. The van der Waals surface area contributed by atoms with Crippen LogP contribution in [0, 0.1) is 0 Å². The van der Waals surface area contributed by atoms with Crippen molar-refractivity contribution < 1.29 is 0 Å². The molecular weight excluding hydrogens is 324 g/mol. The largest absolute Gasteiger partial charge is 0.372 e. The highest BCUT2D eigenvalue weighted by Gasteiger charge is 2.04. The molecule has 0 spiro atoms. The summed E-state index contributed by atoms with van der Waals surface area (Å²) in [6.07, 6.45) is 3.52. The lowest BCUT2D eigenvalue weighted by Crippen LogP contribution is -2.21. The molecule has 6 nitrogen and oxygen atoms in total. The van der Waals surface area contributed by atoms with Crippen LogP contribution in [-0.2, 0) is 6.54 Å². The van der Waals surface area contributed by atoms with Gasteiger partial charge in [-0.3, -0.25) is 4.98 Å². The van der Waals surface area contributed by atoms with Crippen LogP contribution in [0.25, 0.3) is 0 Å². The van der Waals surface area contributed by atoms with Crippen LogP contribution in [0.2, 0.25) is 0 Å². The number of aromatic nitrogens is 3. The van der Waals surface area contributed by atoms with Gasteiger partial charge in [0.1, 0.15) is 5.82 Å². The van der Waals surface area contributed by atoms with E-state index in [0.29, 0.717) is 12.5 Å². The molecule has 0 saturated carbocycles. The minimum atomic E-state index is 0.562. The van der Waals surface area contributed by atoms with E-state index >= 15 is 0 Å². The van der Waals surface area contributed by atoms with Gasteiger partial charge in [0.15, 0.2) is 0 Å². The van der Waals surface area contributed by atoms with Gasteiger partial charge in [-0.15, -0.1) is 0 Å². The van der Waals surface area contributed by atoms with Crippen LogP contribution < -0.4 is 15.5 Å². The number of nitrogens with one attached hydrogen (secondary N) is 2. The third-order valence-corrected chi connectivity index (χ3v) is 4.08. The van der Waals surface area contributed by atoms with Crippen molar-refractivity contribution in [3.63, 3.8) is 0 Å². The summed E-state index contributed by atoms with van der Waals surface area (Å²) in [7, 11) is 0. The molecule has 0 fully saturated rings. The number of anilines is 4. The van der Waals surface area contributed by atoms with Crippen LogP contribution in [0.3, 0.4) is 0 Å². The normalized spacial score (nSPS) is 10.4. The molecule has 0 atom stereocenters. The second kappa shape index (κ2) is 8.80.